The van der Waals surface area contributed by atoms with Crippen LogP contribution in [0, 0.1) is 0 Å². The third-order valence-corrected chi connectivity index (χ3v) is 4.19. The Hall–Kier alpha value is -2.72. The van der Waals surface area contributed by atoms with Crippen LogP contribution in [0.2, 0.25) is 5.15 Å². The van der Waals surface area contributed by atoms with Crippen molar-refractivity contribution in [1.82, 2.24) is 9.97 Å². The highest BCUT2D eigenvalue weighted by Crippen LogP contribution is 2.31. The van der Waals surface area contributed by atoms with E-state index in [1.54, 1.807) is 6.92 Å². The highest BCUT2D eigenvalue weighted by molar-refractivity contribution is 6.30. The largest absolute Gasteiger partial charge is 0.466 e. The predicted octanol–water partition coefficient (Wildman–Crippen LogP) is 4.96. The molecule has 3 rings (SSSR count). The standard InChI is InChI=1S/C21H19ClN2O2/c1-2-26-18(25)14-13-17-21(22)24-20(16-11-7-4-8-12-16)19(23-17)15-9-5-3-6-10-15/h3-12H,2,13-14H2,1H3. The van der Waals surface area contributed by atoms with Crippen LogP contribution in [-0.2, 0) is 16.0 Å². The van der Waals surface area contributed by atoms with Crippen LogP contribution in [0.5, 0.6) is 0 Å². The molecule has 0 aliphatic carbocycles. The average molecular weight is 367 g/mol. The fourth-order valence-corrected chi connectivity index (χ4v) is 2.88. The highest BCUT2D eigenvalue weighted by atomic mass is 35.5. The Morgan fingerprint density at radius 3 is 2.00 bits per heavy atom. The van der Waals surface area contributed by atoms with Crippen molar-refractivity contribution < 1.29 is 9.53 Å². The van der Waals surface area contributed by atoms with E-state index < -0.39 is 0 Å². The summed E-state index contributed by atoms with van der Waals surface area (Å²) < 4.78 is 4.98. The van der Waals surface area contributed by atoms with Gasteiger partial charge in [-0.15, -0.1) is 0 Å². The van der Waals surface area contributed by atoms with Crippen molar-refractivity contribution >= 4 is 17.6 Å². The van der Waals surface area contributed by atoms with Gasteiger partial charge in [-0.05, 0) is 6.92 Å². The van der Waals surface area contributed by atoms with Gasteiger partial charge < -0.3 is 4.74 Å². The van der Waals surface area contributed by atoms with Gasteiger partial charge in [-0.25, -0.2) is 9.97 Å². The normalized spacial score (nSPS) is 10.5. The highest BCUT2D eigenvalue weighted by Gasteiger charge is 2.16. The van der Waals surface area contributed by atoms with E-state index in [4.69, 9.17) is 21.3 Å². The van der Waals surface area contributed by atoms with Gasteiger partial charge in [-0.2, -0.15) is 0 Å². The lowest BCUT2D eigenvalue weighted by molar-refractivity contribution is -0.143. The lowest BCUT2D eigenvalue weighted by Crippen LogP contribution is -2.07. The van der Waals surface area contributed by atoms with E-state index in [0.29, 0.717) is 23.9 Å². The van der Waals surface area contributed by atoms with E-state index in [-0.39, 0.29) is 12.4 Å². The minimum Gasteiger partial charge on any atom is -0.466 e. The van der Waals surface area contributed by atoms with Crippen molar-refractivity contribution in [3.05, 3.63) is 71.5 Å². The van der Waals surface area contributed by atoms with Gasteiger partial charge in [0.05, 0.1) is 30.1 Å². The molecule has 26 heavy (non-hydrogen) atoms. The molecule has 2 aromatic carbocycles. The maximum absolute atomic E-state index is 11.7. The van der Waals surface area contributed by atoms with Crippen LogP contribution in [0.15, 0.2) is 60.7 Å². The molecule has 1 aromatic heterocycles. The molecular weight excluding hydrogens is 348 g/mol. The Bertz CT molecular complexity index is 883. The summed E-state index contributed by atoms with van der Waals surface area (Å²) >= 11 is 6.37. The molecule has 1 heterocycles. The van der Waals surface area contributed by atoms with Crippen LogP contribution < -0.4 is 0 Å². The van der Waals surface area contributed by atoms with Gasteiger partial charge in [0.25, 0.3) is 0 Å². The van der Waals surface area contributed by atoms with E-state index in [2.05, 4.69) is 4.98 Å². The second-order valence-electron chi connectivity index (χ2n) is 5.70. The SMILES string of the molecule is CCOC(=O)CCc1nc(-c2ccccc2)c(-c2ccccc2)nc1Cl. The number of halogens is 1. The van der Waals surface area contributed by atoms with Crippen LogP contribution >= 0.6 is 11.6 Å². The summed E-state index contributed by atoms with van der Waals surface area (Å²) in [5, 5.41) is 0.313. The minimum absolute atomic E-state index is 0.223. The first-order valence-corrected chi connectivity index (χ1v) is 8.89. The number of carbonyl (C=O) groups is 1. The summed E-state index contributed by atoms with van der Waals surface area (Å²) in [6.45, 7) is 2.15. The summed E-state index contributed by atoms with van der Waals surface area (Å²) in [4.78, 5) is 21.0. The van der Waals surface area contributed by atoms with Crippen LogP contribution in [0.25, 0.3) is 22.5 Å². The first-order chi connectivity index (χ1) is 12.7. The van der Waals surface area contributed by atoms with E-state index >= 15 is 0 Å². The average Bonchev–Trinajstić information content (AvgIpc) is 2.68. The third kappa shape index (κ3) is 4.27. The molecule has 0 spiro atoms. The zero-order valence-electron chi connectivity index (χ0n) is 14.5. The molecule has 0 N–H and O–H groups in total. The second-order valence-corrected chi connectivity index (χ2v) is 6.05. The fraction of sp³-hybridized carbons (Fsp3) is 0.190. The van der Waals surface area contributed by atoms with Crippen LogP contribution in [-0.4, -0.2) is 22.5 Å². The molecule has 0 aliphatic rings. The Balaban J connectivity index is 2.03. The summed E-state index contributed by atoms with van der Waals surface area (Å²) in [6.07, 6.45) is 0.612. The number of nitrogens with zero attached hydrogens (tertiary/aromatic N) is 2. The minimum atomic E-state index is -0.265. The molecule has 132 valence electrons. The fourth-order valence-electron chi connectivity index (χ4n) is 2.66. The van der Waals surface area contributed by atoms with Crippen molar-refractivity contribution in [3.63, 3.8) is 0 Å². The monoisotopic (exact) mass is 366 g/mol. The van der Waals surface area contributed by atoms with E-state index in [0.717, 1.165) is 22.5 Å². The first kappa shape index (κ1) is 18.1. The van der Waals surface area contributed by atoms with Gasteiger partial charge in [0.2, 0.25) is 0 Å². The molecule has 5 heteroatoms. The molecule has 0 atom stereocenters. The molecule has 4 nitrogen and oxygen atoms in total. The van der Waals surface area contributed by atoms with Crippen molar-refractivity contribution in [2.24, 2.45) is 0 Å². The molecule has 0 aliphatic heterocycles. The first-order valence-electron chi connectivity index (χ1n) is 8.52. The zero-order valence-corrected chi connectivity index (χ0v) is 15.2. The van der Waals surface area contributed by atoms with Crippen LogP contribution in [0.4, 0.5) is 0 Å². The van der Waals surface area contributed by atoms with Gasteiger partial charge in [-0.1, -0.05) is 72.3 Å². The Labute approximate surface area is 157 Å². The van der Waals surface area contributed by atoms with Crippen molar-refractivity contribution in [1.29, 1.82) is 0 Å². The number of benzene rings is 2. The van der Waals surface area contributed by atoms with Crippen LogP contribution in [0.1, 0.15) is 19.0 Å². The van der Waals surface area contributed by atoms with Gasteiger partial charge in [0.15, 0.2) is 5.15 Å². The lowest BCUT2D eigenvalue weighted by Gasteiger charge is -2.12. The zero-order chi connectivity index (χ0) is 18.4. The van der Waals surface area contributed by atoms with Gasteiger partial charge in [0, 0.05) is 17.5 Å². The van der Waals surface area contributed by atoms with E-state index in [9.17, 15) is 4.79 Å². The number of aromatic nitrogens is 2. The number of hydrogen-bond donors (Lipinski definition) is 0. The molecular formula is C21H19ClN2O2. The molecule has 0 fully saturated rings. The molecule has 3 aromatic rings. The molecule has 0 amide bonds. The van der Waals surface area contributed by atoms with Crippen molar-refractivity contribution in [3.8, 4) is 22.5 Å². The Kier molecular flexibility index (Phi) is 5.97. The molecule has 0 bridgehead atoms. The second kappa shape index (κ2) is 8.59. The van der Waals surface area contributed by atoms with E-state index in [1.165, 1.54) is 0 Å². The molecule has 0 radical (unpaired) electrons. The number of aryl methyl sites for hydroxylation is 1. The number of esters is 1. The Morgan fingerprint density at radius 1 is 0.923 bits per heavy atom. The van der Waals surface area contributed by atoms with Gasteiger partial charge in [0.1, 0.15) is 0 Å². The summed E-state index contributed by atoms with van der Waals surface area (Å²) in [7, 11) is 0. The smallest absolute Gasteiger partial charge is 0.306 e. The number of carbonyl (C=O) groups excluding carboxylic acids is 1. The molecule has 0 saturated carbocycles. The molecule has 0 saturated heterocycles. The lowest BCUT2D eigenvalue weighted by atomic mass is 10.0. The summed E-state index contributed by atoms with van der Waals surface area (Å²) in [5.41, 5.74) is 3.96. The Morgan fingerprint density at radius 2 is 1.46 bits per heavy atom. The van der Waals surface area contributed by atoms with Crippen molar-refractivity contribution in [2.45, 2.75) is 19.8 Å². The van der Waals surface area contributed by atoms with Gasteiger partial charge >= 0.3 is 5.97 Å². The molecule has 0 unspecified atom stereocenters. The van der Waals surface area contributed by atoms with Crippen LogP contribution in [0.3, 0.4) is 0 Å². The maximum Gasteiger partial charge on any atom is 0.306 e. The summed E-state index contributed by atoms with van der Waals surface area (Å²) in [5.74, 6) is -0.265. The predicted molar refractivity (Wildman–Crippen MR) is 103 cm³/mol. The third-order valence-electron chi connectivity index (χ3n) is 3.88. The van der Waals surface area contributed by atoms with Crippen molar-refractivity contribution in [2.75, 3.05) is 6.61 Å². The van der Waals surface area contributed by atoms with E-state index in [1.807, 2.05) is 60.7 Å². The maximum atomic E-state index is 11.7. The number of rotatable bonds is 6. The van der Waals surface area contributed by atoms with Gasteiger partial charge in [-0.3, -0.25) is 4.79 Å². The quantitative estimate of drug-likeness (QED) is 0.578. The topological polar surface area (TPSA) is 52.1 Å². The summed E-state index contributed by atoms with van der Waals surface area (Å²) in [6, 6.07) is 19.7. The number of hydrogen-bond acceptors (Lipinski definition) is 4. The number of ether oxygens (including phenoxy) is 1.